The van der Waals surface area contributed by atoms with Crippen molar-refractivity contribution < 1.29 is 9.21 Å². The molecule has 0 N–H and O–H groups in total. The van der Waals surface area contributed by atoms with Crippen molar-refractivity contribution in [2.75, 3.05) is 18.4 Å². The van der Waals surface area contributed by atoms with Crippen LogP contribution in [-0.2, 0) is 0 Å². The highest BCUT2D eigenvalue weighted by Gasteiger charge is 2.17. The van der Waals surface area contributed by atoms with E-state index in [1.807, 2.05) is 6.92 Å². The quantitative estimate of drug-likeness (QED) is 0.772. The van der Waals surface area contributed by atoms with E-state index in [1.54, 1.807) is 17.0 Å². The molecule has 1 aromatic heterocycles. The summed E-state index contributed by atoms with van der Waals surface area (Å²) in [5.74, 6) is 0.332. The summed E-state index contributed by atoms with van der Waals surface area (Å²) in [6.45, 7) is 3.50. The Morgan fingerprint density at radius 2 is 2.20 bits per heavy atom. The molecule has 0 aliphatic heterocycles. The second-order valence-corrected chi connectivity index (χ2v) is 4.66. The number of nitrogens with zero attached hydrogens (tertiary/aromatic N) is 1. The van der Waals surface area contributed by atoms with Gasteiger partial charge in [-0.3, -0.25) is 4.79 Å². The molecule has 0 bridgehead atoms. The summed E-state index contributed by atoms with van der Waals surface area (Å²) >= 11 is 6.51. The predicted molar refractivity (Wildman–Crippen MR) is 66.4 cm³/mol. The van der Waals surface area contributed by atoms with E-state index in [9.17, 15) is 4.79 Å². The van der Waals surface area contributed by atoms with Gasteiger partial charge in [-0.2, -0.15) is 0 Å². The van der Waals surface area contributed by atoms with Gasteiger partial charge in [-0.25, -0.2) is 0 Å². The van der Waals surface area contributed by atoms with Crippen LogP contribution in [-0.4, -0.2) is 29.2 Å². The molecule has 1 aromatic rings. The number of amides is 1. The van der Waals surface area contributed by atoms with Gasteiger partial charge >= 0.3 is 0 Å². The number of alkyl halides is 1. The molecule has 1 amide bonds. The van der Waals surface area contributed by atoms with Gasteiger partial charge in [0, 0.05) is 18.4 Å². The topological polar surface area (TPSA) is 33.5 Å². The monoisotopic (exact) mass is 337 g/mol. The van der Waals surface area contributed by atoms with E-state index in [-0.39, 0.29) is 5.91 Å². The summed E-state index contributed by atoms with van der Waals surface area (Å²) in [4.78, 5) is 13.7. The van der Waals surface area contributed by atoms with Crippen LogP contribution in [0, 0.1) is 0 Å². The molecule has 0 fully saturated rings. The lowest BCUT2D eigenvalue weighted by molar-refractivity contribution is 0.0733. The molecule has 1 heterocycles. The van der Waals surface area contributed by atoms with Gasteiger partial charge in [-0.05, 0) is 34.5 Å². The van der Waals surface area contributed by atoms with Gasteiger partial charge in [0.05, 0.1) is 0 Å². The summed E-state index contributed by atoms with van der Waals surface area (Å²) in [7, 11) is 0. The number of carbonyl (C=O) groups is 1. The molecule has 0 spiro atoms. The summed E-state index contributed by atoms with van der Waals surface area (Å²) in [6.07, 6.45) is 0.945. The first-order valence-electron chi connectivity index (χ1n) is 4.79. The minimum atomic E-state index is -0.0537. The average Bonchev–Trinajstić information content (AvgIpc) is 2.63. The highest BCUT2D eigenvalue weighted by molar-refractivity contribution is 9.10. The Hall–Kier alpha value is -0.290. The number of halogens is 2. The van der Waals surface area contributed by atoms with Crippen molar-refractivity contribution in [3.05, 3.63) is 22.6 Å². The number of rotatable bonds is 5. The maximum absolute atomic E-state index is 11.9. The van der Waals surface area contributed by atoms with E-state index < -0.39 is 0 Å². The molecule has 0 saturated heterocycles. The van der Waals surface area contributed by atoms with Gasteiger partial charge in [0.25, 0.3) is 5.91 Å². The first-order chi connectivity index (χ1) is 7.19. The van der Waals surface area contributed by atoms with Crippen LogP contribution >= 0.6 is 31.9 Å². The van der Waals surface area contributed by atoms with Crippen LogP contribution in [0.3, 0.4) is 0 Å². The molecule has 84 valence electrons. The van der Waals surface area contributed by atoms with Crippen LogP contribution in [0.1, 0.15) is 23.9 Å². The van der Waals surface area contributed by atoms with Crippen molar-refractivity contribution in [3.8, 4) is 0 Å². The van der Waals surface area contributed by atoms with Crippen molar-refractivity contribution in [1.82, 2.24) is 4.90 Å². The Bertz CT molecular complexity index is 319. The van der Waals surface area contributed by atoms with E-state index in [0.717, 1.165) is 18.3 Å². The lowest BCUT2D eigenvalue weighted by Gasteiger charge is -2.19. The van der Waals surface area contributed by atoms with Crippen LogP contribution in [0.25, 0.3) is 0 Å². The van der Waals surface area contributed by atoms with Crippen LogP contribution in [0.5, 0.6) is 0 Å². The molecular formula is C10H13Br2NO2. The fourth-order valence-corrected chi connectivity index (χ4v) is 2.01. The van der Waals surface area contributed by atoms with E-state index in [4.69, 9.17) is 4.42 Å². The smallest absolute Gasteiger partial charge is 0.289 e. The normalized spacial score (nSPS) is 10.3. The zero-order valence-corrected chi connectivity index (χ0v) is 11.7. The lowest BCUT2D eigenvalue weighted by atomic mass is 10.3. The molecule has 0 unspecified atom stereocenters. The third kappa shape index (κ3) is 3.65. The van der Waals surface area contributed by atoms with Gasteiger partial charge in [0.1, 0.15) is 0 Å². The minimum absolute atomic E-state index is 0.0537. The van der Waals surface area contributed by atoms with Crippen molar-refractivity contribution in [3.63, 3.8) is 0 Å². The highest BCUT2D eigenvalue weighted by Crippen LogP contribution is 2.16. The first-order valence-corrected chi connectivity index (χ1v) is 6.71. The Morgan fingerprint density at radius 3 is 2.67 bits per heavy atom. The number of hydrogen-bond acceptors (Lipinski definition) is 2. The van der Waals surface area contributed by atoms with Gasteiger partial charge in [0.15, 0.2) is 10.4 Å². The van der Waals surface area contributed by atoms with Crippen molar-refractivity contribution in [2.45, 2.75) is 13.3 Å². The standard InChI is InChI=1S/C10H13Br2NO2/c1-2-6-13(7-5-11)10(14)8-3-4-9(12)15-8/h3-4H,2,5-7H2,1H3. The maximum atomic E-state index is 11.9. The largest absolute Gasteiger partial charge is 0.444 e. The summed E-state index contributed by atoms with van der Waals surface area (Å²) in [6, 6.07) is 3.41. The maximum Gasteiger partial charge on any atom is 0.289 e. The van der Waals surface area contributed by atoms with Crippen LogP contribution in [0.4, 0.5) is 0 Å². The summed E-state index contributed by atoms with van der Waals surface area (Å²) < 4.78 is 5.81. The zero-order chi connectivity index (χ0) is 11.3. The fourth-order valence-electron chi connectivity index (χ4n) is 1.27. The van der Waals surface area contributed by atoms with Crippen LogP contribution in [0.15, 0.2) is 21.2 Å². The molecule has 0 aliphatic carbocycles. The highest BCUT2D eigenvalue weighted by atomic mass is 79.9. The Balaban J connectivity index is 2.71. The molecular weight excluding hydrogens is 326 g/mol. The number of furan rings is 1. The molecule has 0 saturated carbocycles. The first kappa shape index (κ1) is 12.8. The second kappa shape index (κ2) is 6.33. The molecule has 0 radical (unpaired) electrons. The van der Waals surface area contributed by atoms with Gasteiger partial charge in [-0.15, -0.1) is 0 Å². The van der Waals surface area contributed by atoms with Crippen LogP contribution < -0.4 is 0 Å². The third-order valence-corrected chi connectivity index (χ3v) is 2.70. The Morgan fingerprint density at radius 1 is 1.47 bits per heavy atom. The predicted octanol–water partition coefficient (Wildman–Crippen LogP) is 3.29. The van der Waals surface area contributed by atoms with Gasteiger partial charge < -0.3 is 9.32 Å². The molecule has 0 aromatic carbocycles. The molecule has 1 rings (SSSR count). The number of carbonyl (C=O) groups excluding carboxylic acids is 1. The van der Waals surface area contributed by atoms with E-state index >= 15 is 0 Å². The lowest BCUT2D eigenvalue weighted by Crippen LogP contribution is -2.33. The zero-order valence-electron chi connectivity index (χ0n) is 8.50. The molecule has 0 atom stereocenters. The van der Waals surface area contributed by atoms with Gasteiger partial charge in [0.2, 0.25) is 0 Å². The molecule has 5 heteroatoms. The van der Waals surface area contributed by atoms with Crippen molar-refractivity contribution in [1.29, 1.82) is 0 Å². The number of hydrogen-bond donors (Lipinski definition) is 0. The van der Waals surface area contributed by atoms with E-state index in [1.165, 1.54) is 0 Å². The van der Waals surface area contributed by atoms with Crippen molar-refractivity contribution in [2.24, 2.45) is 0 Å². The third-order valence-electron chi connectivity index (χ3n) is 1.92. The average molecular weight is 339 g/mol. The van der Waals surface area contributed by atoms with Gasteiger partial charge in [-0.1, -0.05) is 22.9 Å². The Labute approximate surface area is 106 Å². The molecule has 3 nitrogen and oxygen atoms in total. The Kier molecular flexibility index (Phi) is 5.39. The van der Waals surface area contributed by atoms with E-state index in [2.05, 4.69) is 31.9 Å². The minimum Gasteiger partial charge on any atom is -0.444 e. The second-order valence-electron chi connectivity index (χ2n) is 3.08. The summed E-state index contributed by atoms with van der Waals surface area (Å²) in [5, 5.41) is 0.778. The molecule has 15 heavy (non-hydrogen) atoms. The molecule has 0 aliphatic rings. The van der Waals surface area contributed by atoms with E-state index in [0.29, 0.717) is 17.0 Å². The fraction of sp³-hybridized carbons (Fsp3) is 0.500. The SMILES string of the molecule is CCCN(CCBr)C(=O)c1ccc(Br)o1. The van der Waals surface area contributed by atoms with Crippen molar-refractivity contribution >= 4 is 37.8 Å². The van der Waals surface area contributed by atoms with Crippen LogP contribution in [0.2, 0.25) is 0 Å². The summed E-state index contributed by atoms with van der Waals surface area (Å²) in [5.41, 5.74) is 0.